The molecule has 2 rings (SSSR count). The van der Waals surface area contributed by atoms with Crippen LogP contribution in [0.4, 0.5) is 17.6 Å². The van der Waals surface area contributed by atoms with Crippen LogP contribution in [0.2, 0.25) is 0 Å². The number of alkyl halides is 3. The lowest BCUT2D eigenvalue weighted by atomic mass is 9.98. The Morgan fingerprint density at radius 3 is 2.15 bits per heavy atom. The third kappa shape index (κ3) is 3.23. The molecule has 0 bridgehead atoms. The van der Waals surface area contributed by atoms with Crippen molar-refractivity contribution in [2.75, 3.05) is 0 Å². The number of benzene rings is 2. The predicted molar refractivity (Wildman–Crippen MR) is 65.9 cm³/mol. The molecule has 2 aromatic rings. The second kappa shape index (κ2) is 5.45. The standard InChI is InChI=1S/C15H10F4O/c16-11-7-5-10(6-8-11)9-14(20)12-3-1-2-4-13(12)15(17,18)19/h1-8H,9H2. The van der Waals surface area contributed by atoms with E-state index in [0.717, 1.165) is 24.3 Å². The Morgan fingerprint density at radius 2 is 1.55 bits per heavy atom. The first kappa shape index (κ1) is 14.2. The molecule has 2 aromatic carbocycles. The summed E-state index contributed by atoms with van der Waals surface area (Å²) in [7, 11) is 0. The largest absolute Gasteiger partial charge is 0.417 e. The molecule has 20 heavy (non-hydrogen) atoms. The molecule has 0 heterocycles. The van der Waals surface area contributed by atoms with Gasteiger partial charge in [0.1, 0.15) is 5.82 Å². The van der Waals surface area contributed by atoms with Crippen LogP contribution in [0.5, 0.6) is 0 Å². The van der Waals surface area contributed by atoms with Gasteiger partial charge >= 0.3 is 6.18 Å². The van der Waals surface area contributed by atoms with E-state index in [-0.39, 0.29) is 12.0 Å². The lowest BCUT2D eigenvalue weighted by Crippen LogP contribution is -2.14. The lowest BCUT2D eigenvalue weighted by Gasteiger charge is -2.11. The van der Waals surface area contributed by atoms with Crippen LogP contribution in [-0.4, -0.2) is 5.78 Å². The molecule has 0 atom stereocenters. The normalized spacial score (nSPS) is 11.4. The number of rotatable bonds is 3. The zero-order valence-corrected chi connectivity index (χ0v) is 10.2. The van der Waals surface area contributed by atoms with Crippen LogP contribution in [0.1, 0.15) is 21.5 Å². The quantitative estimate of drug-likeness (QED) is 0.607. The van der Waals surface area contributed by atoms with Gasteiger partial charge in [0, 0.05) is 12.0 Å². The molecular formula is C15H10F4O. The Hall–Kier alpha value is -2.17. The van der Waals surface area contributed by atoms with E-state index in [0.29, 0.717) is 5.56 Å². The summed E-state index contributed by atoms with van der Waals surface area (Å²) in [5.41, 5.74) is -0.857. The van der Waals surface area contributed by atoms with Gasteiger partial charge in [-0.25, -0.2) is 4.39 Å². The van der Waals surface area contributed by atoms with Gasteiger partial charge in [-0.05, 0) is 23.8 Å². The zero-order valence-electron chi connectivity index (χ0n) is 10.2. The number of carbonyl (C=O) groups is 1. The van der Waals surface area contributed by atoms with E-state index in [1.54, 1.807) is 0 Å². The summed E-state index contributed by atoms with van der Waals surface area (Å²) >= 11 is 0. The van der Waals surface area contributed by atoms with E-state index >= 15 is 0 Å². The molecule has 1 nitrogen and oxygen atoms in total. The maximum atomic E-state index is 12.8. The molecule has 0 fully saturated rings. The number of ketones is 1. The van der Waals surface area contributed by atoms with Crippen LogP contribution < -0.4 is 0 Å². The molecule has 0 aliphatic heterocycles. The van der Waals surface area contributed by atoms with Crippen LogP contribution in [0.3, 0.4) is 0 Å². The third-order valence-electron chi connectivity index (χ3n) is 2.81. The van der Waals surface area contributed by atoms with Crippen molar-refractivity contribution in [3.05, 3.63) is 71.0 Å². The number of carbonyl (C=O) groups excluding carboxylic acids is 1. The third-order valence-corrected chi connectivity index (χ3v) is 2.81. The number of halogens is 4. The molecule has 104 valence electrons. The molecule has 0 radical (unpaired) electrons. The fourth-order valence-electron chi connectivity index (χ4n) is 1.86. The van der Waals surface area contributed by atoms with Crippen LogP contribution in [0.15, 0.2) is 48.5 Å². The van der Waals surface area contributed by atoms with E-state index in [9.17, 15) is 22.4 Å². The predicted octanol–water partition coefficient (Wildman–Crippen LogP) is 4.27. The maximum Gasteiger partial charge on any atom is 0.417 e. The highest BCUT2D eigenvalue weighted by Gasteiger charge is 2.34. The molecule has 0 aliphatic carbocycles. The van der Waals surface area contributed by atoms with Gasteiger partial charge in [0.25, 0.3) is 0 Å². The smallest absolute Gasteiger partial charge is 0.294 e. The summed E-state index contributed by atoms with van der Waals surface area (Å²) in [6, 6.07) is 9.72. The average Bonchev–Trinajstić information content (AvgIpc) is 2.40. The molecule has 0 amide bonds. The summed E-state index contributed by atoms with van der Waals surface area (Å²) in [6.07, 6.45) is -4.78. The molecular weight excluding hydrogens is 272 g/mol. The van der Waals surface area contributed by atoms with E-state index in [4.69, 9.17) is 0 Å². The van der Waals surface area contributed by atoms with Crippen molar-refractivity contribution in [1.82, 2.24) is 0 Å². The lowest BCUT2D eigenvalue weighted by molar-refractivity contribution is -0.137. The van der Waals surface area contributed by atoms with Crippen molar-refractivity contribution >= 4 is 5.78 Å². The number of hydrogen-bond donors (Lipinski definition) is 0. The fourth-order valence-corrected chi connectivity index (χ4v) is 1.86. The van der Waals surface area contributed by atoms with Gasteiger partial charge in [0.15, 0.2) is 5.78 Å². The Labute approximate surface area is 112 Å². The second-order valence-electron chi connectivity index (χ2n) is 4.27. The highest BCUT2D eigenvalue weighted by Crippen LogP contribution is 2.32. The maximum absolute atomic E-state index is 12.8. The minimum absolute atomic E-state index is 0.201. The summed E-state index contributed by atoms with van der Waals surface area (Å²) in [4.78, 5) is 12.0. The molecule has 0 aromatic heterocycles. The second-order valence-corrected chi connectivity index (χ2v) is 4.27. The summed E-state index contributed by atoms with van der Waals surface area (Å²) in [5, 5.41) is 0. The Kier molecular flexibility index (Phi) is 3.88. The molecule has 0 saturated carbocycles. The van der Waals surface area contributed by atoms with Crippen molar-refractivity contribution < 1.29 is 22.4 Å². The van der Waals surface area contributed by atoms with Crippen LogP contribution >= 0.6 is 0 Å². The highest BCUT2D eigenvalue weighted by molar-refractivity contribution is 5.99. The van der Waals surface area contributed by atoms with Crippen molar-refractivity contribution in [2.24, 2.45) is 0 Å². The molecule has 5 heteroatoms. The van der Waals surface area contributed by atoms with Gasteiger partial charge in [0.05, 0.1) is 5.56 Å². The van der Waals surface area contributed by atoms with E-state index in [1.165, 1.54) is 24.3 Å². The number of hydrogen-bond acceptors (Lipinski definition) is 1. The van der Waals surface area contributed by atoms with E-state index in [2.05, 4.69) is 0 Å². The molecule has 0 aliphatic rings. The van der Waals surface area contributed by atoms with Crippen LogP contribution in [-0.2, 0) is 12.6 Å². The first-order valence-corrected chi connectivity index (χ1v) is 5.82. The van der Waals surface area contributed by atoms with Gasteiger partial charge in [-0.3, -0.25) is 4.79 Å². The fraction of sp³-hybridized carbons (Fsp3) is 0.133. The summed E-state index contributed by atoms with van der Waals surface area (Å²) < 4.78 is 51.1. The molecule has 0 spiro atoms. The first-order chi connectivity index (χ1) is 9.38. The highest BCUT2D eigenvalue weighted by atomic mass is 19.4. The van der Waals surface area contributed by atoms with Gasteiger partial charge in [-0.2, -0.15) is 13.2 Å². The first-order valence-electron chi connectivity index (χ1n) is 5.82. The van der Waals surface area contributed by atoms with Crippen molar-refractivity contribution in [3.8, 4) is 0 Å². The van der Waals surface area contributed by atoms with Crippen molar-refractivity contribution in [1.29, 1.82) is 0 Å². The zero-order chi connectivity index (χ0) is 14.8. The average molecular weight is 282 g/mol. The Balaban J connectivity index is 2.28. The Morgan fingerprint density at radius 1 is 0.950 bits per heavy atom. The Bertz CT molecular complexity index is 615. The summed E-state index contributed by atoms with van der Waals surface area (Å²) in [5.74, 6) is -1.11. The van der Waals surface area contributed by atoms with Crippen LogP contribution in [0.25, 0.3) is 0 Å². The van der Waals surface area contributed by atoms with E-state index in [1.807, 2.05) is 0 Å². The molecule has 0 unspecified atom stereocenters. The number of Topliss-reactive ketones (excluding diaryl/α,β-unsaturated/α-hetero) is 1. The molecule has 0 N–H and O–H groups in total. The van der Waals surface area contributed by atoms with E-state index < -0.39 is 23.3 Å². The van der Waals surface area contributed by atoms with Gasteiger partial charge in [-0.1, -0.05) is 30.3 Å². The monoisotopic (exact) mass is 282 g/mol. The summed E-state index contributed by atoms with van der Waals surface area (Å²) in [6.45, 7) is 0. The van der Waals surface area contributed by atoms with Gasteiger partial charge < -0.3 is 0 Å². The minimum atomic E-state index is -4.57. The van der Waals surface area contributed by atoms with Crippen LogP contribution in [0, 0.1) is 5.82 Å². The minimum Gasteiger partial charge on any atom is -0.294 e. The van der Waals surface area contributed by atoms with Crippen molar-refractivity contribution in [3.63, 3.8) is 0 Å². The van der Waals surface area contributed by atoms with Gasteiger partial charge in [0.2, 0.25) is 0 Å². The van der Waals surface area contributed by atoms with Crippen molar-refractivity contribution in [2.45, 2.75) is 12.6 Å². The SMILES string of the molecule is O=C(Cc1ccc(F)cc1)c1ccccc1C(F)(F)F. The topological polar surface area (TPSA) is 17.1 Å². The molecule has 0 saturated heterocycles. The van der Waals surface area contributed by atoms with Gasteiger partial charge in [-0.15, -0.1) is 0 Å².